The van der Waals surface area contributed by atoms with Crippen LogP contribution in [0.5, 0.6) is 11.5 Å². The number of nitrogens with one attached hydrogen (secondary N) is 3. The molecule has 29 heavy (non-hydrogen) atoms. The van der Waals surface area contributed by atoms with Crippen LogP contribution in [-0.4, -0.2) is 31.4 Å². The molecule has 0 aliphatic heterocycles. The Balaban J connectivity index is 1.69. The summed E-state index contributed by atoms with van der Waals surface area (Å²) in [4.78, 5) is 34.8. The summed E-state index contributed by atoms with van der Waals surface area (Å²) in [6.07, 6.45) is -0.0722. The second kappa shape index (κ2) is 10.4. The zero-order chi connectivity index (χ0) is 21.2. The number of rotatable bonds is 10. The normalized spacial score (nSPS) is 9.83. The van der Waals surface area contributed by atoms with Crippen LogP contribution < -0.4 is 31.4 Å². The third-order valence-electron chi connectivity index (χ3n) is 3.64. The summed E-state index contributed by atoms with van der Waals surface area (Å²) in [5.74, 6) is -0.141. The number of primary amides is 1. The number of ether oxygens (including phenoxy) is 2. The van der Waals surface area contributed by atoms with Gasteiger partial charge in [-0.1, -0.05) is 6.58 Å². The summed E-state index contributed by atoms with van der Waals surface area (Å²) in [7, 11) is 1.56. The molecule has 0 heterocycles. The van der Waals surface area contributed by atoms with Gasteiger partial charge in [0.05, 0.1) is 13.5 Å². The minimum atomic E-state index is -0.549. The third kappa shape index (κ3) is 7.25. The molecule has 0 aliphatic rings. The van der Waals surface area contributed by atoms with Crippen LogP contribution in [0.3, 0.4) is 0 Å². The number of amides is 3. The number of carbonyl (C=O) groups is 3. The first kappa shape index (κ1) is 21.3. The van der Waals surface area contributed by atoms with Crippen LogP contribution in [0, 0.1) is 0 Å². The summed E-state index contributed by atoms with van der Waals surface area (Å²) < 4.78 is 10.4. The van der Waals surface area contributed by atoms with E-state index in [2.05, 4.69) is 22.7 Å². The van der Waals surface area contributed by atoms with E-state index in [1.54, 1.807) is 43.5 Å². The Labute approximate surface area is 167 Å². The highest BCUT2D eigenvalue weighted by atomic mass is 16.5. The predicted molar refractivity (Wildman–Crippen MR) is 107 cm³/mol. The summed E-state index contributed by atoms with van der Waals surface area (Å²) in [6, 6.07) is 12.9. The second-order valence-electron chi connectivity index (χ2n) is 5.91. The summed E-state index contributed by atoms with van der Waals surface area (Å²) in [5.41, 5.74) is 11.2. The first-order chi connectivity index (χ1) is 13.9. The SMILES string of the molecule is C=C(CC(=O)Nc1ccc(C(N)=O)cc1)NNC(=O)COc1ccc(OC)cc1. The smallest absolute Gasteiger partial charge is 0.276 e. The number of benzene rings is 2. The van der Waals surface area contributed by atoms with E-state index in [1.807, 2.05) is 0 Å². The average Bonchev–Trinajstić information content (AvgIpc) is 2.71. The molecule has 0 saturated carbocycles. The highest BCUT2D eigenvalue weighted by Crippen LogP contribution is 2.16. The van der Waals surface area contributed by atoms with Gasteiger partial charge in [0.25, 0.3) is 5.91 Å². The van der Waals surface area contributed by atoms with E-state index in [-0.39, 0.29) is 24.6 Å². The van der Waals surface area contributed by atoms with Gasteiger partial charge < -0.3 is 25.9 Å². The van der Waals surface area contributed by atoms with Gasteiger partial charge >= 0.3 is 0 Å². The molecule has 2 aromatic rings. The molecule has 0 bridgehead atoms. The molecule has 0 radical (unpaired) electrons. The molecule has 0 spiro atoms. The maximum Gasteiger partial charge on any atom is 0.276 e. The second-order valence-corrected chi connectivity index (χ2v) is 5.91. The zero-order valence-electron chi connectivity index (χ0n) is 15.9. The molecule has 0 aliphatic carbocycles. The zero-order valence-corrected chi connectivity index (χ0v) is 15.9. The molecule has 2 rings (SSSR count). The van der Waals surface area contributed by atoms with Gasteiger partial charge in [-0.3, -0.25) is 19.8 Å². The van der Waals surface area contributed by atoms with Crippen LogP contribution >= 0.6 is 0 Å². The van der Waals surface area contributed by atoms with E-state index < -0.39 is 11.8 Å². The topological polar surface area (TPSA) is 132 Å². The van der Waals surface area contributed by atoms with Crippen LogP contribution in [0.2, 0.25) is 0 Å². The minimum absolute atomic E-state index is 0.0722. The number of anilines is 1. The largest absolute Gasteiger partial charge is 0.497 e. The van der Waals surface area contributed by atoms with Crippen LogP contribution in [0.4, 0.5) is 5.69 Å². The Morgan fingerprint density at radius 1 is 0.931 bits per heavy atom. The van der Waals surface area contributed by atoms with Crippen molar-refractivity contribution in [2.45, 2.75) is 6.42 Å². The average molecular weight is 398 g/mol. The van der Waals surface area contributed by atoms with E-state index in [4.69, 9.17) is 15.2 Å². The van der Waals surface area contributed by atoms with Crippen molar-refractivity contribution >= 4 is 23.4 Å². The third-order valence-corrected chi connectivity index (χ3v) is 3.64. The molecular weight excluding hydrogens is 376 g/mol. The summed E-state index contributed by atoms with van der Waals surface area (Å²) in [6.45, 7) is 3.46. The lowest BCUT2D eigenvalue weighted by Gasteiger charge is -2.12. The number of hydrazine groups is 1. The highest BCUT2D eigenvalue weighted by Gasteiger charge is 2.08. The molecule has 0 unspecified atom stereocenters. The van der Waals surface area contributed by atoms with Crippen molar-refractivity contribution in [1.82, 2.24) is 10.9 Å². The molecule has 0 fully saturated rings. The van der Waals surface area contributed by atoms with Gasteiger partial charge in [-0.15, -0.1) is 0 Å². The molecule has 5 N–H and O–H groups in total. The van der Waals surface area contributed by atoms with Gasteiger partial charge in [-0.05, 0) is 48.5 Å². The molecular formula is C20H22N4O5. The first-order valence-electron chi connectivity index (χ1n) is 8.56. The van der Waals surface area contributed by atoms with Crippen molar-refractivity contribution in [3.63, 3.8) is 0 Å². The van der Waals surface area contributed by atoms with E-state index >= 15 is 0 Å². The maximum atomic E-state index is 12.0. The maximum absolute atomic E-state index is 12.0. The van der Waals surface area contributed by atoms with Crippen molar-refractivity contribution in [1.29, 1.82) is 0 Å². The lowest BCUT2D eigenvalue weighted by atomic mass is 10.2. The summed E-state index contributed by atoms with van der Waals surface area (Å²) >= 11 is 0. The first-order valence-corrected chi connectivity index (χ1v) is 8.56. The molecule has 152 valence electrons. The van der Waals surface area contributed by atoms with Gasteiger partial charge in [-0.2, -0.15) is 0 Å². The van der Waals surface area contributed by atoms with Gasteiger partial charge in [-0.25, -0.2) is 0 Å². The lowest BCUT2D eigenvalue weighted by Crippen LogP contribution is -2.40. The number of hydrogen-bond acceptors (Lipinski definition) is 6. The molecule has 9 nitrogen and oxygen atoms in total. The molecule has 3 amide bonds. The minimum Gasteiger partial charge on any atom is -0.497 e. The molecule has 0 atom stereocenters. The van der Waals surface area contributed by atoms with Crippen LogP contribution in [0.25, 0.3) is 0 Å². The lowest BCUT2D eigenvalue weighted by molar-refractivity contribution is -0.124. The molecule has 0 aromatic heterocycles. The summed E-state index contributed by atoms with van der Waals surface area (Å²) in [5, 5.41) is 2.64. The number of methoxy groups -OCH3 is 1. The molecule has 2 aromatic carbocycles. The van der Waals surface area contributed by atoms with Crippen LogP contribution in [0.1, 0.15) is 16.8 Å². The fraction of sp³-hybridized carbons (Fsp3) is 0.150. The number of carbonyl (C=O) groups excluding carboxylic acids is 3. The van der Waals surface area contributed by atoms with Gasteiger partial charge in [0.2, 0.25) is 11.8 Å². The number of nitrogens with two attached hydrogens (primary N) is 1. The van der Waals surface area contributed by atoms with Crippen molar-refractivity contribution < 1.29 is 23.9 Å². The van der Waals surface area contributed by atoms with Crippen LogP contribution in [-0.2, 0) is 9.59 Å². The van der Waals surface area contributed by atoms with Crippen LogP contribution in [0.15, 0.2) is 60.8 Å². The van der Waals surface area contributed by atoms with E-state index in [9.17, 15) is 14.4 Å². The van der Waals surface area contributed by atoms with Crippen molar-refractivity contribution in [3.05, 3.63) is 66.4 Å². The van der Waals surface area contributed by atoms with Gasteiger partial charge in [0, 0.05) is 16.9 Å². The highest BCUT2D eigenvalue weighted by molar-refractivity contribution is 5.95. The fourth-order valence-corrected chi connectivity index (χ4v) is 2.18. The van der Waals surface area contributed by atoms with E-state index in [0.29, 0.717) is 22.7 Å². The van der Waals surface area contributed by atoms with E-state index in [0.717, 1.165) is 0 Å². The van der Waals surface area contributed by atoms with Gasteiger partial charge in [0.15, 0.2) is 6.61 Å². The number of hydrogen-bond donors (Lipinski definition) is 4. The Bertz CT molecular complexity index is 879. The Morgan fingerprint density at radius 2 is 1.55 bits per heavy atom. The van der Waals surface area contributed by atoms with Crippen molar-refractivity contribution in [2.24, 2.45) is 5.73 Å². The predicted octanol–water partition coefficient (Wildman–Crippen LogP) is 1.34. The standard InChI is InChI=1S/C20H22N4O5/c1-13(11-18(25)22-15-5-3-14(4-6-15)20(21)27)23-24-19(26)12-29-17-9-7-16(28-2)8-10-17/h3-10,23H,1,11-12H2,2H3,(H2,21,27)(H,22,25)(H,24,26). The Hall–Kier alpha value is -4.01. The Kier molecular flexibility index (Phi) is 7.60. The monoisotopic (exact) mass is 398 g/mol. The Morgan fingerprint density at radius 3 is 2.14 bits per heavy atom. The molecule has 0 saturated heterocycles. The molecule has 9 heteroatoms. The van der Waals surface area contributed by atoms with E-state index in [1.165, 1.54) is 12.1 Å². The quantitative estimate of drug-likeness (QED) is 0.447. The van der Waals surface area contributed by atoms with Gasteiger partial charge in [0.1, 0.15) is 11.5 Å². The fourth-order valence-electron chi connectivity index (χ4n) is 2.18. The van der Waals surface area contributed by atoms with Crippen molar-refractivity contribution in [3.8, 4) is 11.5 Å². The van der Waals surface area contributed by atoms with Crippen molar-refractivity contribution in [2.75, 3.05) is 19.0 Å².